The van der Waals surface area contributed by atoms with Crippen LogP contribution in [-0.4, -0.2) is 54.5 Å². The van der Waals surface area contributed by atoms with E-state index in [1.807, 2.05) is 30.3 Å². The lowest BCUT2D eigenvalue weighted by Crippen LogP contribution is -2.32. The van der Waals surface area contributed by atoms with Crippen molar-refractivity contribution in [2.75, 3.05) is 18.8 Å². The molecule has 1 aliphatic rings. The number of rotatable bonds is 3. The summed E-state index contributed by atoms with van der Waals surface area (Å²) in [6.45, 7) is 1.21. The second-order valence-electron chi connectivity index (χ2n) is 7.29. The minimum Gasteiger partial charge on any atom is -0.382 e. The van der Waals surface area contributed by atoms with Gasteiger partial charge in [0.05, 0.1) is 17.0 Å². The molecule has 0 spiro atoms. The SMILES string of the molecule is Nc1nn2cc(-c3cccc(C(=O)N4CCC(N)C4)n3)cnc2c1-c1ccccn1. The van der Waals surface area contributed by atoms with Crippen molar-refractivity contribution in [1.82, 2.24) is 29.5 Å². The van der Waals surface area contributed by atoms with Crippen LogP contribution in [0.5, 0.6) is 0 Å². The molecule has 5 heterocycles. The normalized spacial score (nSPS) is 16.3. The molecule has 1 saturated heterocycles. The van der Waals surface area contributed by atoms with Crippen LogP contribution >= 0.6 is 0 Å². The summed E-state index contributed by atoms with van der Waals surface area (Å²) in [7, 11) is 0. The van der Waals surface area contributed by atoms with E-state index >= 15 is 0 Å². The maximum Gasteiger partial charge on any atom is 0.272 e. The Labute approximate surface area is 172 Å². The summed E-state index contributed by atoms with van der Waals surface area (Å²) in [4.78, 5) is 27.9. The molecule has 9 heteroatoms. The molecule has 1 amide bonds. The Bertz CT molecular complexity index is 1240. The molecule has 0 bridgehead atoms. The zero-order chi connectivity index (χ0) is 20.7. The molecule has 1 fully saturated rings. The summed E-state index contributed by atoms with van der Waals surface area (Å²) < 4.78 is 1.62. The number of hydrogen-bond donors (Lipinski definition) is 2. The quantitative estimate of drug-likeness (QED) is 0.534. The van der Waals surface area contributed by atoms with Crippen LogP contribution in [0.2, 0.25) is 0 Å². The highest BCUT2D eigenvalue weighted by atomic mass is 16.2. The number of carbonyl (C=O) groups excluding carboxylic acids is 1. The van der Waals surface area contributed by atoms with Crippen LogP contribution in [-0.2, 0) is 0 Å². The molecule has 1 unspecified atom stereocenters. The van der Waals surface area contributed by atoms with Gasteiger partial charge in [-0.25, -0.2) is 14.5 Å². The van der Waals surface area contributed by atoms with Crippen LogP contribution in [0.1, 0.15) is 16.9 Å². The fourth-order valence-electron chi connectivity index (χ4n) is 3.69. The van der Waals surface area contributed by atoms with Crippen molar-refractivity contribution in [3.05, 3.63) is 60.7 Å². The maximum absolute atomic E-state index is 12.7. The van der Waals surface area contributed by atoms with Crippen molar-refractivity contribution in [3.63, 3.8) is 0 Å². The van der Waals surface area contributed by atoms with Crippen molar-refractivity contribution >= 4 is 17.4 Å². The standard InChI is InChI=1S/C21H20N8O/c22-14-7-9-28(12-14)21(30)17-6-3-5-15(26-17)13-10-25-20-18(16-4-1-2-8-24-16)19(23)27-29(20)11-13/h1-6,8,10-11,14H,7,9,12,22H2,(H2,23,27). The van der Waals surface area contributed by atoms with Gasteiger partial charge in [-0.1, -0.05) is 12.1 Å². The Morgan fingerprint density at radius 1 is 1.10 bits per heavy atom. The average molecular weight is 400 g/mol. The van der Waals surface area contributed by atoms with Crippen molar-refractivity contribution in [3.8, 4) is 22.5 Å². The number of pyridine rings is 2. The fourth-order valence-corrected chi connectivity index (χ4v) is 3.69. The van der Waals surface area contributed by atoms with Gasteiger partial charge in [0.15, 0.2) is 11.5 Å². The second-order valence-corrected chi connectivity index (χ2v) is 7.29. The summed E-state index contributed by atoms with van der Waals surface area (Å²) in [5, 5.41) is 4.38. The number of fused-ring (bicyclic) bond motifs is 1. The summed E-state index contributed by atoms with van der Waals surface area (Å²) in [6.07, 6.45) is 6.01. The Morgan fingerprint density at radius 2 is 1.97 bits per heavy atom. The summed E-state index contributed by atoms with van der Waals surface area (Å²) >= 11 is 0. The molecule has 4 aromatic rings. The first-order valence-corrected chi connectivity index (χ1v) is 9.67. The van der Waals surface area contributed by atoms with E-state index in [0.29, 0.717) is 47.2 Å². The molecular formula is C21H20N8O. The molecule has 0 radical (unpaired) electrons. The minimum atomic E-state index is -0.111. The smallest absolute Gasteiger partial charge is 0.272 e. The molecule has 9 nitrogen and oxygen atoms in total. The lowest BCUT2D eigenvalue weighted by atomic mass is 10.2. The number of nitrogen functional groups attached to an aromatic ring is 1. The highest BCUT2D eigenvalue weighted by Crippen LogP contribution is 2.28. The summed E-state index contributed by atoms with van der Waals surface area (Å²) in [5.41, 5.74) is 15.8. The minimum absolute atomic E-state index is 0.0299. The molecule has 150 valence electrons. The molecule has 0 aromatic carbocycles. The number of amides is 1. The van der Waals surface area contributed by atoms with E-state index in [2.05, 4.69) is 20.1 Å². The lowest BCUT2D eigenvalue weighted by Gasteiger charge is -2.15. The van der Waals surface area contributed by atoms with Crippen molar-refractivity contribution in [2.45, 2.75) is 12.5 Å². The number of likely N-dealkylation sites (tertiary alicyclic amines) is 1. The Kier molecular flexibility index (Phi) is 4.36. The third-order valence-corrected chi connectivity index (χ3v) is 5.20. The molecule has 4 N–H and O–H groups in total. The zero-order valence-corrected chi connectivity index (χ0v) is 16.1. The predicted octanol–water partition coefficient (Wildman–Crippen LogP) is 1.61. The molecule has 1 atom stereocenters. The fraction of sp³-hybridized carbons (Fsp3) is 0.190. The largest absolute Gasteiger partial charge is 0.382 e. The van der Waals surface area contributed by atoms with E-state index in [1.165, 1.54) is 0 Å². The summed E-state index contributed by atoms with van der Waals surface area (Å²) in [5.74, 6) is 0.236. The van der Waals surface area contributed by atoms with Gasteiger partial charge in [-0.2, -0.15) is 0 Å². The van der Waals surface area contributed by atoms with Gasteiger partial charge in [0, 0.05) is 43.3 Å². The van der Waals surface area contributed by atoms with E-state index in [-0.39, 0.29) is 11.9 Å². The van der Waals surface area contributed by atoms with Crippen molar-refractivity contribution in [1.29, 1.82) is 0 Å². The molecule has 0 aliphatic carbocycles. The highest BCUT2D eigenvalue weighted by Gasteiger charge is 2.25. The van der Waals surface area contributed by atoms with Gasteiger partial charge < -0.3 is 16.4 Å². The first-order valence-electron chi connectivity index (χ1n) is 9.67. The number of aromatic nitrogens is 5. The Hall–Kier alpha value is -3.85. The van der Waals surface area contributed by atoms with Gasteiger partial charge in [-0.3, -0.25) is 9.78 Å². The third kappa shape index (κ3) is 3.15. The number of anilines is 1. The molecule has 0 saturated carbocycles. The molecule has 4 aromatic heterocycles. The Morgan fingerprint density at radius 3 is 2.73 bits per heavy atom. The second kappa shape index (κ2) is 7.20. The molecular weight excluding hydrogens is 380 g/mol. The zero-order valence-electron chi connectivity index (χ0n) is 16.1. The topological polar surface area (TPSA) is 128 Å². The van der Waals surface area contributed by atoms with E-state index in [0.717, 1.165) is 12.0 Å². The molecule has 30 heavy (non-hydrogen) atoms. The molecule has 1 aliphatic heterocycles. The van der Waals surface area contributed by atoms with Crippen LogP contribution in [0.3, 0.4) is 0 Å². The first kappa shape index (κ1) is 18.2. The van der Waals surface area contributed by atoms with Gasteiger partial charge in [0.1, 0.15) is 5.69 Å². The first-order chi connectivity index (χ1) is 14.6. The van der Waals surface area contributed by atoms with Gasteiger partial charge in [-0.15, -0.1) is 5.10 Å². The number of carbonyl (C=O) groups is 1. The van der Waals surface area contributed by atoms with Gasteiger partial charge in [0.2, 0.25) is 0 Å². The van der Waals surface area contributed by atoms with Gasteiger partial charge in [0.25, 0.3) is 5.91 Å². The van der Waals surface area contributed by atoms with Crippen LogP contribution in [0.4, 0.5) is 5.82 Å². The van der Waals surface area contributed by atoms with Crippen molar-refractivity contribution < 1.29 is 4.79 Å². The van der Waals surface area contributed by atoms with E-state index in [1.54, 1.807) is 34.1 Å². The third-order valence-electron chi connectivity index (χ3n) is 5.20. The molecule has 5 rings (SSSR count). The van der Waals surface area contributed by atoms with E-state index in [9.17, 15) is 4.79 Å². The maximum atomic E-state index is 12.7. The summed E-state index contributed by atoms with van der Waals surface area (Å²) in [6, 6.07) is 11.0. The van der Waals surface area contributed by atoms with E-state index < -0.39 is 0 Å². The predicted molar refractivity (Wildman–Crippen MR) is 112 cm³/mol. The van der Waals surface area contributed by atoms with Crippen LogP contribution < -0.4 is 11.5 Å². The van der Waals surface area contributed by atoms with Crippen LogP contribution in [0.15, 0.2) is 55.0 Å². The van der Waals surface area contributed by atoms with Gasteiger partial charge in [-0.05, 0) is 30.7 Å². The van der Waals surface area contributed by atoms with Crippen LogP contribution in [0.25, 0.3) is 28.2 Å². The number of nitrogens with two attached hydrogens (primary N) is 2. The monoisotopic (exact) mass is 400 g/mol. The van der Waals surface area contributed by atoms with Crippen LogP contribution in [0, 0.1) is 0 Å². The lowest BCUT2D eigenvalue weighted by molar-refractivity contribution is 0.0785. The van der Waals surface area contributed by atoms with E-state index in [4.69, 9.17) is 11.5 Å². The number of nitrogens with zero attached hydrogens (tertiary/aromatic N) is 6. The Balaban J connectivity index is 1.51. The van der Waals surface area contributed by atoms with Crippen molar-refractivity contribution in [2.24, 2.45) is 5.73 Å². The highest BCUT2D eigenvalue weighted by molar-refractivity contribution is 5.93. The van der Waals surface area contributed by atoms with Gasteiger partial charge >= 0.3 is 0 Å². The number of hydrogen-bond acceptors (Lipinski definition) is 7. The average Bonchev–Trinajstić information content (AvgIpc) is 3.35.